The van der Waals surface area contributed by atoms with E-state index in [1.54, 1.807) is 0 Å². The Morgan fingerprint density at radius 1 is 1.38 bits per heavy atom. The fourth-order valence-electron chi connectivity index (χ4n) is 1.87. The number of rotatable bonds is 2. The van der Waals surface area contributed by atoms with E-state index in [4.69, 9.17) is 0 Å². The summed E-state index contributed by atoms with van der Waals surface area (Å²) in [5.41, 5.74) is 2.51. The number of carbonyl (C=O) groups is 1. The maximum atomic E-state index is 11.0. The van der Waals surface area contributed by atoms with Crippen LogP contribution in [0.25, 0.3) is 16.7 Å². The Morgan fingerprint density at radius 3 is 2.75 bits per heavy atom. The van der Waals surface area contributed by atoms with Crippen molar-refractivity contribution in [2.45, 2.75) is 13.8 Å². The van der Waals surface area contributed by atoms with Gasteiger partial charge in [0.2, 0.25) is 0 Å². The maximum absolute atomic E-state index is 11.0. The molecule has 0 saturated carbocycles. The van der Waals surface area contributed by atoms with E-state index in [1.807, 2.05) is 31.2 Å². The van der Waals surface area contributed by atoms with Crippen LogP contribution in [0.15, 0.2) is 30.3 Å². The molecule has 0 spiro atoms. The predicted molar refractivity (Wildman–Crippen MR) is 64.3 cm³/mol. The van der Waals surface area contributed by atoms with Gasteiger partial charge < -0.3 is 10.1 Å². The van der Waals surface area contributed by atoms with Crippen molar-refractivity contribution in [2.75, 3.05) is 0 Å². The van der Waals surface area contributed by atoms with Crippen LogP contribution in [0.3, 0.4) is 0 Å². The third kappa shape index (κ3) is 1.72. The van der Waals surface area contributed by atoms with Gasteiger partial charge in [0.1, 0.15) is 5.76 Å². The molecular formula is C13H13NO2. The topological polar surface area (TPSA) is 53.1 Å². The van der Waals surface area contributed by atoms with Gasteiger partial charge in [-0.05, 0) is 19.9 Å². The molecule has 0 atom stereocenters. The third-order valence-electron chi connectivity index (χ3n) is 2.49. The largest absolute Gasteiger partial charge is 0.507 e. The summed E-state index contributed by atoms with van der Waals surface area (Å²) < 4.78 is 0. The summed E-state index contributed by atoms with van der Waals surface area (Å²) in [4.78, 5) is 14.1. The molecule has 0 unspecified atom stereocenters. The fraction of sp³-hybridized carbons (Fsp3) is 0.154. The molecule has 1 aromatic heterocycles. The maximum Gasteiger partial charge on any atom is 0.156 e. The lowest BCUT2D eigenvalue weighted by Gasteiger charge is -1.99. The number of nitrogens with one attached hydrogen (secondary N) is 1. The van der Waals surface area contributed by atoms with Crippen LogP contribution in [0.4, 0.5) is 0 Å². The highest BCUT2D eigenvalue weighted by molar-refractivity contribution is 5.99. The highest BCUT2D eigenvalue weighted by atomic mass is 16.3. The first-order valence-corrected chi connectivity index (χ1v) is 5.08. The van der Waals surface area contributed by atoms with Gasteiger partial charge in [0, 0.05) is 28.2 Å². The standard InChI is InChI=1S/C13H13NO2/c1-8(15)7-12(16)13-9(2)14-11-6-4-3-5-10(11)13/h3-7,14,16H,1-2H3/b12-7-. The first-order chi connectivity index (χ1) is 7.59. The van der Waals surface area contributed by atoms with Crippen LogP contribution in [0.1, 0.15) is 18.2 Å². The zero-order valence-corrected chi connectivity index (χ0v) is 9.24. The molecule has 0 aliphatic heterocycles. The van der Waals surface area contributed by atoms with Gasteiger partial charge in [-0.25, -0.2) is 0 Å². The summed E-state index contributed by atoms with van der Waals surface area (Å²) >= 11 is 0. The molecule has 2 N–H and O–H groups in total. The summed E-state index contributed by atoms with van der Waals surface area (Å²) in [6, 6.07) is 7.68. The zero-order chi connectivity index (χ0) is 11.7. The van der Waals surface area contributed by atoms with Crippen molar-refractivity contribution in [3.8, 4) is 0 Å². The van der Waals surface area contributed by atoms with Crippen molar-refractivity contribution < 1.29 is 9.90 Å². The smallest absolute Gasteiger partial charge is 0.156 e. The van der Waals surface area contributed by atoms with Crippen molar-refractivity contribution in [2.24, 2.45) is 0 Å². The van der Waals surface area contributed by atoms with Gasteiger partial charge >= 0.3 is 0 Å². The van der Waals surface area contributed by atoms with Gasteiger partial charge in [-0.15, -0.1) is 0 Å². The normalized spacial score (nSPS) is 12.0. The van der Waals surface area contributed by atoms with Crippen molar-refractivity contribution in [3.63, 3.8) is 0 Å². The minimum Gasteiger partial charge on any atom is -0.507 e. The lowest BCUT2D eigenvalue weighted by atomic mass is 10.1. The molecule has 3 nitrogen and oxygen atoms in total. The number of para-hydroxylation sites is 1. The van der Waals surface area contributed by atoms with E-state index >= 15 is 0 Å². The molecule has 16 heavy (non-hydrogen) atoms. The van der Waals surface area contributed by atoms with Gasteiger partial charge in [-0.1, -0.05) is 18.2 Å². The number of carbonyl (C=O) groups excluding carboxylic acids is 1. The van der Waals surface area contributed by atoms with E-state index in [2.05, 4.69) is 4.98 Å². The molecule has 0 radical (unpaired) electrons. The number of allylic oxidation sites excluding steroid dienone is 1. The van der Waals surface area contributed by atoms with E-state index in [0.717, 1.165) is 16.6 Å². The summed E-state index contributed by atoms with van der Waals surface area (Å²) in [5.74, 6) is -0.148. The average Bonchev–Trinajstić information content (AvgIpc) is 2.52. The lowest BCUT2D eigenvalue weighted by Crippen LogP contribution is -1.89. The number of H-pyrrole nitrogens is 1. The second-order valence-electron chi connectivity index (χ2n) is 3.81. The molecular weight excluding hydrogens is 202 g/mol. The Balaban J connectivity index is 2.68. The van der Waals surface area contributed by atoms with E-state index in [9.17, 15) is 9.90 Å². The monoisotopic (exact) mass is 215 g/mol. The summed E-state index contributed by atoms with van der Waals surface area (Å²) in [6.45, 7) is 3.29. The van der Waals surface area contributed by atoms with E-state index < -0.39 is 0 Å². The Kier molecular flexibility index (Phi) is 2.52. The minimum atomic E-state index is -0.165. The van der Waals surface area contributed by atoms with Gasteiger partial charge in [0.25, 0.3) is 0 Å². The highest BCUT2D eigenvalue weighted by Crippen LogP contribution is 2.26. The number of aromatic amines is 1. The number of benzene rings is 1. The minimum absolute atomic E-state index is 0.0162. The number of hydrogen-bond acceptors (Lipinski definition) is 2. The first-order valence-electron chi connectivity index (χ1n) is 5.08. The molecule has 1 aromatic carbocycles. The quantitative estimate of drug-likeness (QED) is 0.597. The second kappa shape index (κ2) is 3.85. The molecule has 2 aromatic rings. The number of aryl methyl sites for hydroxylation is 1. The molecule has 2 rings (SSSR count). The number of aliphatic hydroxyl groups excluding tert-OH is 1. The second-order valence-corrected chi connectivity index (χ2v) is 3.81. The number of ketones is 1. The van der Waals surface area contributed by atoms with E-state index in [-0.39, 0.29) is 11.5 Å². The number of aliphatic hydroxyl groups is 1. The van der Waals surface area contributed by atoms with Gasteiger partial charge in [-0.2, -0.15) is 0 Å². The number of fused-ring (bicyclic) bond motifs is 1. The molecule has 0 saturated heterocycles. The molecule has 0 amide bonds. The summed E-state index contributed by atoms with van der Waals surface area (Å²) in [6.07, 6.45) is 1.24. The first kappa shape index (κ1) is 10.5. The summed E-state index contributed by atoms with van der Waals surface area (Å²) in [7, 11) is 0. The Labute approximate surface area is 93.4 Å². The van der Waals surface area contributed by atoms with Crippen LogP contribution in [0.5, 0.6) is 0 Å². The zero-order valence-electron chi connectivity index (χ0n) is 9.24. The van der Waals surface area contributed by atoms with E-state index in [0.29, 0.717) is 5.56 Å². The average molecular weight is 215 g/mol. The molecule has 0 fully saturated rings. The lowest BCUT2D eigenvalue weighted by molar-refractivity contribution is -0.112. The highest BCUT2D eigenvalue weighted by Gasteiger charge is 2.11. The van der Waals surface area contributed by atoms with Gasteiger partial charge in [0.05, 0.1) is 0 Å². The number of hydrogen-bond donors (Lipinski definition) is 2. The SMILES string of the molecule is CC(=O)/C=C(\O)c1c(C)[nH]c2ccccc12. The molecule has 3 heteroatoms. The van der Waals surface area contributed by atoms with Crippen LogP contribution >= 0.6 is 0 Å². The summed E-state index contributed by atoms with van der Waals surface area (Å²) in [5, 5.41) is 10.8. The molecule has 0 aliphatic rings. The van der Waals surface area contributed by atoms with Gasteiger partial charge in [0.15, 0.2) is 5.78 Å². The molecule has 82 valence electrons. The van der Waals surface area contributed by atoms with Crippen molar-refractivity contribution >= 4 is 22.4 Å². The fourth-order valence-corrected chi connectivity index (χ4v) is 1.87. The van der Waals surface area contributed by atoms with Crippen LogP contribution < -0.4 is 0 Å². The van der Waals surface area contributed by atoms with Crippen LogP contribution in [0, 0.1) is 6.92 Å². The van der Waals surface area contributed by atoms with Crippen molar-refractivity contribution in [1.29, 1.82) is 0 Å². The number of aromatic nitrogens is 1. The molecule has 1 heterocycles. The van der Waals surface area contributed by atoms with Crippen molar-refractivity contribution in [1.82, 2.24) is 4.98 Å². The van der Waals surface area contributed by atoms with Crippen LogP contribution in [-0.2, 0) is 4.79 Å². The van der Waals surface area contributed by atoms with Crippen LogP contribution in [0.2, 0.25) is 0 Å². The Morgan fingerprint density at radius 2 is 2.06 bits per heavy atom. The predicted octanol–water partition coefficient (Wildman–Crippen LogP) is 2.96. The van der Waals surface area contributed by atoms with Gasteiger partial charge in [-0.3, -0.25) is 4.79 Å². The molecule has 0 aliphatic carbocycles. The third-order valence-corrected chi connectivity index (χ3v) is 2.49. The van der Waals surface area contributed by atoms with E-state index in [1.165, 1.54) is 13.0 Å². The van der Waals surface area contributed by atoms with Crippen LogP contribution in [-0.4, -0.2) is 15.9 Å². The van der Waals surface area contributed by atoms with Crippen molar-refractivity contribution in [3.05, 3.63) is 41.6 Å². The Hall–Kier alpha value is -2.03. The Bertz CT molecular complexity index is 579. The molecule has 0 bridgehead atoms.